The number of hydrogen-bond donors (Lipinski definition) is 1. The molecule has 1 aromatic rings. The summed E-state index contributed by atoms with van der Waals surface area (Å²) in [5.41, 5.74) is 2.67. The van der Waals surface area contributed by atoms with E-state index < -0.39 is 0 Å². The first kappa shape index (κ1) is 17.0. The predicted octanol–water partition coefficient (Wildman–Crippen LogP) is 1.81. The van der Waals surface area contributed by atoms with Gasteiger partial charge in [0, 0.05) is 51.5 Å². The SMILES string of the molecule is C=CCN(CCO)Cc1ccccc1N1CCN(CC)CC1. The summed E-state index contributed by atoms with van der Waals surface area (Å²) >= 11 is 0. The number of nitrogens with zero attached hydrogens (tertiary/aromatic N) is 3. The fraction of sp³-hybridized carbons (Fsp3) is 0.556. The average molecular weight is 303 g/mol. The van der Waals surface area contributed by atoms with Crippen molar-refractivity contribution in [2.75, 3.05) is 57.3 Å². The summed E-state index contributed by atoms with van der Waals surface area (Å²) in [4.78, 5) is 7.22. The minimum absolute atomic E-state index is 0.186. The molecule has 1 saturated heterocycles. The highest BCUT2D eigenvalue weighted by molar-refractivity contribution is 5.54. The highest BCUT2D eigenvalue weighted by Gasteiger charge is 2.18. The first-order valence-electron chi connectivity index (χ1n) is 8.27. The van der Waals surface area contributed by atoms with Crippen LogP contribution in [-0.2, 0) is 6.54 Å². The van der Waals surface area contributed by atoms with Gasteiger partial charge in [0.1, 0.15) is 0 Å². The number of aliphatic hydroxyl groups is 1. The lowest BCUT2D eigenvalue weighted by molar-refractivity contribution is 0.203. The van der Waals surface area contributed by atoms with E-state index in [1.54, 1.807) is 0 Å². The van der Waals surface area contributed by atoms with Crippen LogP contribution >= 0.6 is 0 Å². The van der Waals surface area contributed by atoms with Gasteiger partial charge in [-0.2, -0.15) is 0 Å². The van der Waals surface area contributed by atoms with Gasteiger partial charge in [0.2, 0.25) is 0 Å². The summed E-state index contributed by atoms with van der Waals surface area (Å²) in [6.45, 7) is 14.2. The number of likely N-dealkylation sites (N-methyl/N-ethyl adjacent to an activating group) is 1. The Bertz CT molecular complexity index is 455. The van der Waals surface area contributed by atoms with Crippen LogP contribution < -0.4 is 4.90 Å². The topological polar surface area (TPSA) is 30.0 Å². The molecular weight excluding hydrogens is 274 g/mol. The van der Waals surface area contributed by atoms with Crippen LogP contribution in [0.4, 0.5) is 5.69 Å². The molecule has 2 rings (SSSR count). The molecule has 1 heterocycles. The summed E-state index contributed by atoms with van der Waals surface area (Å²) in [6.07, 6.45) is 1.90. The Labute approximate surface area is 134 Å². The molecule has 0 unspecified atom stereocenters. The first-order valence-corrected chi connectivity index (χ1v) is 8.27. The average Bonchev–Trinajstić information content (AvgIpc) is 2.56. The second kappa shape index (κ2) is 8.93. The van der Waals surface area contributed by atoms with Crippen LogP contribution in [-0.4, -0.2) is 67.3 Å². The lowest BCUT2D eigenvalue weighted by Crippen LogP contribution is -2.46. The fourth-order valence-electron chi connectivity index (χ4n) is 3.06. The van der Waals surface area contributed by atoms with Crippen molar-refractivity contribution in [3.63, 3.8) is 0 Å². The molecular formula is C18H29N3O. The highest BCUT2D eigenvalue weighted by atomic mass is 16.3. The van der Waals surface area contributed by atoms with Crippen molar-refractivity contribution in [3.8, 4) is 0 Å². The maximum Gasteiger partial charge on any atom is 0.0558 e. The number of rotatable bonds is 8. The number of aliphatic hydroxyl groups excluding tert-OH is 1. The largest absolute Gasteiger partial charge is 0.395 e. The lowest BCUT2D eigenvalue weighted by atomic mass is 10.1. The molecule has 0 radical (unpaired) electrons. The summed E-state index contributed by atoms with van der Waals surface area (Å²) < 4.78 is 0. The molecule has 4 nitrogen and oxygen atoms in total. The minimum atomic E-state index is 0.186. The van der Waals surface area contributed by atoms with Gasteiger partial charge >= 0.3 is 0 Å². The van der Waals surface area contributed by atoms with Crippen LogP contribution in [0.1, 0.15) is 12.5 Å². The Morgan fingerprint density at radius 3 is 2.59 bits per heavy atom. The van der Waals surface area contributed by atoms with E-state index in [0.29, 0.717) is 6.54 Å². The van der Waals surface area contributed by atoms with Crippen molar-refractivity contribution in [1.29, 1.82) is 0 Å². The van der Waals surface area contributed by atoms with Gasteiger partial charge in [-0.15, -0.1) is 6.58 Å². The Hall–Kier alpha value is -1.36. The number of hydrogen-bond acceptors (Lipinski definition) is 4. The second-order valence-corrected chi connectivity index (χ2v) is 5.80. The third-order valence-electron chi connectivity index (χ3n) is 4.35. The first-order chi connectivity index (χ1) is 10.8. The zero-order chi connectivity index (χ0) is 15.8. The molecule has 1 aliphatic rings. The van der Waals surface area contributed by atoms with E-state index in [4.69, 9.17) is 0 Å². The molecule has 1 N–H and O–H groups in total. The van der Waals surface area contributed by atoms with E-state index in [1.165, 1.54) is 11.3 Å². The number of para-hydroxylation sites is 1. The van der Waals surface area contributed by atoms with Crippen molar-refractivity contribution in [2.24, 2.45) is 0 Å². The molecule has 0 bridgehead atoms. The molecule has 1 aromatic carbocycles. The molecule has 0 aliphatic carbocycles. The maximum absolute atomic E-state index is 9.22. The van der Waals surface area contributed by atoms with Gasteiger partial charge in [0.15, 0.2) is 0 Å². The molecule has 0 aromatic heterocycles. The van der Waals surface area contributed by atoms with E-state index in [-0.39, 0.29) is 6.61 Å². The molecule has 0 amide bonds. The van der Waals surface area contributed by atoms with Gasteiger partial charge in [0.25, 0.3) is 0 Å². The number of anilines is 1. The van der Waals surface area contributed by atoms with Gasteiger partial charge in [-0.25, -0.2) is 0 Å². The Morgan fingerprint density at radius 1 is 1.23 bits per heavy atom. The monoisotopic (exact) mass is 303 g/mol. The Morgan fingerprint density at radius 2 is 1.95 bits per heavy atom. The van der Waals surface area contributed by atoms with Crippen molar-refractivity contribution >= 4 is 5.69 Å². The van der Waals surface area contributed by atoms with E-state index in [9.17, 15) is 5.11 Å². The van der Waals surface area contributed by atoms with Gasteiger partial charge < -0.3 is 14.9 Å². The molecule has 122 valence electrons. The van der Waals surface area contributed by atoms with Crippen molar-refractivity contribution in [1.82, 2.24) is 9.80 Å². The van der Waals surface area contributed by atoms with Crippen LogP contribution in [0, 0.1) is 0 Å². The second-order valence-electron chi connectivity index (χ2n) is 5.80. The lowest BCUT2D eigenvalue weighted by Gasteiger charge is -2.37. The smallest absolute Gasteiger partial charge is 0.0558 e. The summed E-state index contributed by atoms with van der Waals surface area (Å²) in [5, 5.41) is 9.22. The zero-order valence-corrected chi connectivity index (χ0v) is 13.7. The standard InChI is InChI=1S/C18H29N3O/c1-3-9-20(14-15-22)16-17-7-5-6-8-18(17)21-12-10-19(4-2)11-13-21/h3,5-8,22H,1,4,9-16H2,2H3. The maximum atomic E-state index is 9.22. The van der Waals surface area contributed by atoms with E-state index in [0.717, 1.165) is 45.8 Å². The molecule has 1 aliphatic heterocycles. The zero-order valence-electron chi connectivity index (χ0n) is 13.7. The van der Waals surface area contributed by atoms with Gasteiger partial charge in [-0.1, -0.05) is 31.2 Å². The molecule has 0 saturated carbocycles. The third-order valence-corrected chi connectivity index (χ3v) is 4.35. The number of piperazine rings is 1. The van der Waals surface area contributed by atoms with E-state index in [1.807, 2.05) is 6.08 Å². The van der Waals surface area contributed by atoms with Gasteiger partial charge in [0.05, 0.1) is 6.61 Å². The van der Waals surface area contributed by atoms with Crippen LogP contribution in [0.3, 0.4) is 0 Å². The quantitative estimate of drug-likeness (QED) is 0.742. The van der Waals surface area contributed by atoms with Crippen molar-refractivity contribution in [2.45, 2.75) is 13.5 Å². The van der Waals surface area contributed by atoms with Crippen LogP contribution in [0.15, 0.2) is 36.9 Å². The molecule has 1 fully saturated rings. The summed E-state index contributed by atoms with van der Waals surface area (Å²) in [6, 6.07) is 8.65. The van der Waals surface area contributed by atoms with Gasteiger partial charge in [-0.3, -0.25) is 4.90 Å². The molecule has 0 spiro atoms. The number of benzene rings is 1. The van der Waals surface area contributed by atoms with E-state index >= 15 is 0 Å². The minimum Gasteiger partial charge on any atom is -0.395 e. The van der Waals surface area contributed by atoms with Gasteiger partial charge in [-0.05, 0) is 18.2 Å². The highest BCUT2D eigenvalue weighted by Crippen LogP contribution is 2.23. The normalized spacial score (nSPS) is 16.2. The van der Waals surface area contributed by atoms with E-state index in [2.05, 4.69) is 52.5 Å². The molecule has 22 heavy (non-hydrogen) atoms. The summed E-state index contributed by atoms with van der Waals surface area (Å²) in [7, 11) is 0. The fourth-order valence-corrected chi connectivity index (χ4v) is 3.06. The Kier molecular flexibility index (Phi) is 6.90. The van der Waals surface area contributed by atoms with Crippen molar-refractivity contribution in [3.05, 3.63) is 42.5 Å². The van der Waals surface area contributed by atoms with Crippen LogP contribution in [0.5, 0.6) is 0 Å². The third kappa shape index (κ3) is 4.57. The summed E-state index contributed by atoms with van der Waals surface area (Å²) in [5.74, 6) is 0. The van der Waals surface area contributed by atoms with Crippen molar-refractivity contribution < 1.29 is 5.11 Å². The molecule has 0 atom stereocenters. The van der Waals surface area contributed by atoms with Crippen LogP contribution in [0.25, 0.3) is 0 Å². The Balaban J connectivity index is 2.07. The van der Waals surface area contributed by atoms with Crippen LogP contribution in [0.2, 0.25) is 0 Å². The predicted molar refractivity (Wildman–Crippen MR) is 93.3 cm³/mol. The molecule has 4 heteroatoms.